The number of ether oxygens (including phenoxy) is 3. The van der Waals surface area contributed by atoms with Gasteiger partial charge in [-0.3, -0.25) is 4.79 Å². The first-order valence-electron chi connectivity index (χ1n) is 5.87. The third-order valence-electron chi connectivity index (χ3n) is 2.69. The molecule has 0 spiro atoms. The van der Waals surface area contributed by atoms with Crippen molar-refractivity contribution in [1.82, 2.24) is 0 Å². The Morgan fingerprint density at radius 2 is 1.78 bits per heavy atom. The smallest absolute Gasteiger partial charge is 0.302 e. The molecule has 1 aromatic rings. The molecule has 0 aromatic heterocycles. The van der Waals surface area contributed by atoms with Gasteiger partial charge < -0.3 is 14.2 Å². The fourth-order valence-corrected chi connectivity index (χ4v) is 1.73. The Kier molecular flexibility index (Phi) is 5.01. The topological polar surface area (TPSA) is 44.8 Å². The van der Waals surface area contributed by atoms with Crippen molar-refractivity contribution in [1.29, 1.82) is 0 Å². The highest BCUT2D eigenvalue weighted by molar-refractivity contribution is 5.66. The average molecular weight is 252 g/mol. The number of carbonyl (C=O) groups excluding carboxylic acids is 1. The van der Waals surface area contributed by atoms with Gasteiger partial charge in [0.1, 0.15) is 18.1 Å². The van der Waals surface area contributed by atoms with Crippen molar-refractivity contribution in [2.45, 2.75) is 33.3 Å². The molecule has 0 aliphatic heterocycles. The minimum absolute atomic E-state index is 0.188. The van der Waals surface area contributed by atoms with Crippen LogP contribution in [0.25, 0.3) is 0 Å². The van der Waals surface area contributed by atoms with E-state index in [2.05, 4.69) is 13.8 Å². The van der Waals surface area contributed by atoms with Gasteiger partial charge in [-0.15, -0.1) is 0 Å². The van der Waals surface area contributed by atoms with Crippen molar-refractivity contribution >= 4 is 5.97 Å². The van der Waals surface area contributed by atoms with Gasteiger partial charge in [-0.2, -0.15) is 0 Å². The zero-order chi connectivity index (χ0) is 13.7. The van der Waals surface area contributed by atoms with Crippen LogP contribution in [0.5, 0.6) is 11.5 Å². The van der Waals surface area contributed by atoms with Gasteiger partial charge in [0, 0.05) is 18.1 Å². The molecular weight excluding hydrogens is 232 g/mol. The van der Waals surface area contributed by atoms with E-state index in [4.69, 9.17) is 14.2 Å². The SMILES string of the molecule is COc1cc(C(C)C)c(OC)cc1COC(C)=O. The van der Waals surface area contributed by atoms with E-state index in [0.717, 1.165) is 16.9 Å². The molecule has 0 heterocycles. The van der Waals surface area contributed by atoms with Crippen LogP contribution in [0, 0.1) is 0 Å². The summed E-state index contributed by atoms with van der Waals surface area (Å²) in [5, 5.41) is 0. The van der Waals surface area contributed by atoms with Crippen LogP contribution in [-0.4, -0.2) is 20.2 Å². The third kappa shape index (κ3) is 3.39. The number of hydrogen-bond acceptors (Lipinski definition) is 4. The lowest BCUT2D eigenvalue weighted by Gasteiger charge is -2.16. The summed E-state index contributed by atoms with van der Waals surface area (Å²) in [5.41, 5.74) is 1.87. The number of esters is 1. The molecule has 0 atom stereocenters. The zero-order valence-corrected chi connectivity index (χ0v) is 11.6. The number of carbonyl (C=O) groups is 1. The maximum absolute atomic E-state index is 10.9. The quantitative estimate of drug-likeness (QED) is 0.756. The second-order valence-corrected chi connectivity index (χ2v) is 4.34. The molecule has 0 N–H and O–H groups in total. The van der Waals surface area contributed by atoms with Crippen LogP contribution in [0.1, 0.15) is 37.8 Å². The van der Waals surface area contributed by atoms with Crippen LogP contribution in [0.15, 0.2) is 12.1 Å². The molecule has 4 heteroatoms. The van der Waals surface area contributed by atoms with E-state index in [9.17, 15) is 4.79 Å². The molecule has 0 amide bonds. The first kappa shape index (κ1) is 14.4. The van der Waals surface area contributed by atoms with Gasteiger partial charge in [0.25, 0.3) is 0 Å². The van der Waals surface area contributed by atoms with Gasteiger partial charge in [0.05, 0.1) is 14.2 Å². The number of benzene rings is 1. The molecule has 0 aliphatic rings. The van der Waals surface area contributed by atoms with Gasteiger partial charge in [-0.1, -0.05) is 13.8 Å². The van der Waals surface area contributed by atoms with E-state index < -0.39 is 0 Å². The Bertz CT molecular complexity index is 424. The van der Waals surface area contributed by atoms with Crippen molar-refractivity contribution in [2.75, 3.05) is 14.2 Å². The van der Waals surface area contributed by atoms with E-state index in [1.807, 2.05) is 12.1 Å². The Labute approximate surface area is 108 Å². The summed E-state index contributed by atoms with van der Waals surface area (Å²) in [7, 11) is 3.23. The van der Waals surface area contributed by atoms with Crippen LogP contribution in [0.4, 0.5) is 0 Å². The summed E-state index contributed by atoms with van der Waals surface area (Å²) in [6.45, 7) is 5.74. The fourth-order valence-electron chi connectivity index (χ4n) is 1.73. The summed E-state index contributed by atoms with van der Waals surface area (Å²) < 4.78 is 15.7. The molecule has 0 fully saturated rings. The Hall–Kier alpha value is -1.71. The van der Waals surface area contributed by atoms with Crippen molar-refractivity contribution < 1.29 is 19.0 Å². The highest BCUT2D eigenvalue weighted by Gasteiger charge is 2.14. The van der Waals surface area contributed by atoms with Crippen molar-refractivity contribution in [2.24, 2.45) is 0 Å². The number of methoxy groups -OCH3 is 2. The molecule has 1 rings (SSSR count). The normalized spacial score (nSPS) is 10.3. The van der Waals surface area contributed by atoms with Gasteiger partial charge in [-0.05, 0) is 18.1 Å². The standard InChI is InChI=1S/C14H20O4/c1-9(2)12-7-13(16-4)11(6-14(12)17-5)8-18-10(3)15/h6-7,9H,8H2,1-5H3. The first-order chi connectivity index (χ1) is 8.49. The van der Waals surface area contributed by atoms with Gasteiger partial charge in [0.2, 0.25) is 0 Å². The molecule has 4 nitrogen and oxygen atoms in total. The summed E-state index contributed by atoms with van der Waals surface area (Å²) in [6.07, 6.45) is 0. The highest BCUT2D eigenvalue weighted by atomic mass is 16.5. The summed E-state index contributed by atoms with van der Waals surface area (Å²) in [4.78, 5) is 10.9. The molecule has 0 saturated heterocycles. The van der Waals surface area contributed by atoms with Crippen molar-refractivity contribution in [3.05, 3.63) is 23.3 Å². The number of hydrogen-bond donors (Lipinski definition) is 0. The van der Waals surface area contributed by atoms with Crippen LogP contribution >= 0.6 is 0 Å². The molecule has 100 valence electrons. The Balaban J connectivity index is 3.13. The maximum atomic E-state index is 10.9. The summed E-state index contributed by atoms with van der Waals surface area (Å²) in [5.74, 6) is 1.51. The first-order valence-corrected chi connectivity index (χ1v) is 5.87. The third-order valence-corrected chi connectivity index (χ3v) is 2.69. The fraction of sp³-hybridized carbons (Fsp3) is 0.500. The van der Waals surface area contributed by atoms with Crippen LogP contribution in [0.2, 0.25) is 0 Å². The lowest BCUT2D eigenvalue weighted by Crippen LogP contribution is -2.03. The number of rotatable bonds is 5. The zero-order valence-electron chi connectivity index (χ0n) is 11.6. The molecule has 0 unspecified atom stereocenters. The van der Waals surface area contributed by atoms with E-state index in [1.165, 1.54) is 6.92 Å². The lowest BCUT2D eigenvalue weighted by atomic mass is 9.99. The van der Waals surface area contributed by atoms with E-state index in [0.29, 0.717) is 11.7 Å². The maximum Gasteiger partial charge on any atom is 0.302 e. The van der Waals surface area contributed by atoms with E-state index >= 15 is 0 Å². The second kappa shape index (κ2) is 6.28. The predicted molar refractivity (Wildman–Crippen MR) is 69.1 cm³/mol. The molecule has 0 radical (unpaired) electrons. The molecule has 0 bridgehead atoms. The van der Waals surface area contributed by atoms with Crippen LogP contribution in [0.3, 0.4) is 0 Å². The monoisotopic (exact) mass is 252 g/mol. The second-order valence-electron chi connectivity index (χ2n) is 4.34. The van der Waals surface area contributed by atoms with Crippen LogP contribution in [-0.2, 0) is 16.1 Å². The minimum atomic E-state index is -0.316. The lowest BCUT2D eigenvalue weighted by molar-refractivity contribution is -0.142. The highest BCUT2D eigenvalue weighted by Crippen LogP contribution is 2.33. The van der Waals surface area contributed by atoms with E-state index in [-0.39, 0.29) is 12.6 Å². The molecular formula is C14H20O4. The largest absolute Gasteiger partial charge is 0.496 e. The molecule has 0 saturated carbocycles. The predicted octanol–water partition coefficient (Wildman–Crippen LogP) is 2.89. The van der Waals surface area contributed by atoms with Gasteiger partial charge in [-0.25, -0.2) is 0 Å². The van der Waals surface area contributed by atoms with Crippen LogP contribution < -0.4 is 9.47 Å². The Morgan fingerprint density at radius 3 is 2.22 bits per heavy atom. The van der Waals surface area contributed by atoms with Gasteiger partial charge in [0.15, 0.2) is 0 Å². The Morgan fingerprint density at radius 1 is 1.17 bits per heavy atom. The summed E-state index contributed by atoms with van der Waals surface area (Å²) >= 11 is 0. The van der Waals surface area contributed by atoms with Gasteiger partial charge >= 0.3 is 5.97 Å². The molecule has 1 aromatic carbocycles. The molecule has 18 heavy (non-hydrogen) atoms. The minimum Gasteiger partial charge on any atom is -0.496 e. The average Bonchev–Trinajstić information content (AvgIpc) is 2.34. The molecule has 0 aliphatic carbocycles. The van der Waals surface area contributed by atoms with E-state index in [1.54, 1.807) is 14.2 Å². The summed E-state index contributed by atoms with van der Waals surface area (Å²) in [6, 6.07) is 3.79. The van der Waals surface area contributed by atoms with Crippen molar-refractivity contribution in [3.63, 3.8) is 0 Å². The van der Waals surface area contributed by atoms with Crippen molar-refractivity contribution in [3.8, 4) is 11.5 Å².